The molecule has 1 aliphatic rings. The quantitative estimate of drug-likeness (QED) is 0.427. The molecule has 5 heteroatoms. The number of nitrogens with zero attached hydrogens (tertiary/aromatic N) is 1. The van der Waals surface area contributed by atoms with Crippen molar-refractivity contribution >= 4 is 5.69 Å². The smallest absolute Gasteiger partial charge is 0.270 e. The summed E-state index contributed by atoms with van der Waals surface area (Å²) in [5.74, 6) is 0.764. The van der Waals surface area contributed by atoms with Gasteiger partial charge in [0.25, 0.3) is 5.69 Å². The Morgan fingerprint density at radius 2 is 2.20 bits per heavy atom. The molecule has 0 heterocycles. The van der Waals surface area contributed by atoms with Crippen LogP contribution in [0.2, 0.25) is 0 Å². The van der Waals surface area contributed by atoms with E-state index in [-0.39, 0.29) is 10.6 Å². The van der Waals surface area contributed by atoms with Crippen LogP contribution >= 0.6 is 0 Å². The zero-order valence-electron chi connectivity index (χ0n) is 11.9. The average molecular weight is 278 g/mol. The van der Waals surface area contributed by atoms with Crippen LogP contribution in [0.25, 0.3) is 0 Å². The zero-order chi connectivity index (χ0) is 14.4. The topological polar surface area (TPSA) is 64.4 Å². The first-order valence-electron chi connectivity index (χ1n) is 7.34. The molecule has 1 aliphatic carbocycles. The summed E-state index contributed by atoms with van der Waals surface area (Å²) in [5, 5.41) is 14.2. The molecule has 1 aromatic carbocycles. The van der Waals surface area contributed by atoms with Gasteiger partial charge in [-0.2, -0.15) is 0 Å². The van der Waals surface area contributed by atoms with E-state index < -0.39 is 0 Å². The van der Waals surface area contributed by atoms with E-state index in [2.05, 4.69) is 12.2 Å². The molecule has 2 rings (SSSR count). The van der Waals surface area contributed by atoms with Crippen LogP contribution in [-0.4, -0.2) is 17.6 Å². The maximum atomic E-state index is 10.9. The lowest BCUT2D eigenvalue weighted by Gasteiger charge is -2.12. The molecule has 5 nitrogen and oxygen atoms in total. The molecule has 110 valence electrons. The van der Waals surface area contributed by atoms with Crippen molar-refractivity contribution in [1.82, 2.24) is 5.32 Å². The predicted molar refractivity (Wildman–Crippen MR) is 78.0 cm³/mol. The van der Waals surface area contributed by atoms with Gasteiger partial charge in [-0.25, -0.2) is 0 Å². The van der Waals surface area contributed by atoms with Crippen molar-refractivity contribution in [2.75, 3.05) is 6.61 Å². The second-order valence-corrected chi connectivity index (χ2v) is 5.26. The number of hydrogen-bond acceptors (Lipinski definition) is 4. The Bertz CT molecular complexity index is 458. The van der Waals surface area contributed by atoms with Crippen LogP contribution in [0.3, 0.4) is 0 Å². The van der Waals surface area contributed by atoms with Crippen molar-refractivity contribution in [3.63, 3.8) is 0 Å². The molecule has 0 unspecified atom stereocenters. The minimum atomic E-state index is -0.360. The highest BCUT2D eigenvalue weighted by Gasteiger charge is 2.21. The second kappa shape index (κ2) is 7.24. The lowest BCUT2D eigenvalue weighted by Crippen LogP contribution is -2.16. The predicted octanol–water partition coefficient (Wildman–Crippen LogP) is 3.42. The SMILES string of the molecule is CCCCCOc1ccc([N+](=O)[O-])cc1CNC1CC1. The molecule has 0 amide bonds. The van der Waals surface area contributed by atoms with Crippen molar-refractivity contribution in [2.45, 2.75) is 51.6 Å². The Labute approximate surface area is 119 Å². The van der Waals surface area contributed by atoms with Gasteiger partial charge in [0.05, 0.1) is 11.5 Å². The molecule has 0 radical (unpaired) electrons. The van der Waals surface area contributed by atoms with Gasteiger partial charge in [0.2, 0.25) is 0 Å². The number of rotatable bonds is 9. The number of nitrogens with one attached hydrogen (secondary N) is 1. The number of benzene rings is 1. The highest BCUT2D eigenvalue weighted by Crippen LogP contribution is 2.26. The molecule has 1 saturated carbocycles. The summed E-state index contributed by atoms with van der Waals surface area (Å²) < 4.78 is 5.76. The Kier molecular flexibility index (Phi) is 5.35. The van der Waals surface area contributed by atoms with Gasteiger partial charge in [-0.15, -0.1) is 0 Å². The third-order valence-electron chi connectivity index (χ3n) is 3.42. The molecule has 0 aliphatic heterocycles. The van der Waals surface area contributed by atoms with Crippen molar-refractivity contribution in [3.05, 3.63) is 33.9 Å². The van der Waals surface area contributed by atoms with E-state index in [1.165, 1.54) is 18.9 Å². The molecule has 0 bridgehead atoms. The van der Waals surface area contributed by atoms with E-state index in [0.717, 1.165) is 30.6 Å². The van der Waals surface area contributed by atoms with Crippen LogP contribution in [0.4, 0.5) is 5.69 Å². The van der Waals surface area contributed by atoms with E-state index >= 15 is 0 Å². The summed E-state index contributed by atoms with van der Waals surface area (Å²) in [7, 11) is 0. The van der Waals surface area contributed by atoms with Gasteiger partial charge in [-0.1, -0.05) is 19.8 Å². The number of nitro groups is 1. The summed E-state index contributed by atoms with van der Waals surface area (Å²) in [6.45, 7) is 3.45. The van der Waals surface area contributed by atoms with Crippen LogP contribution in [0.1, 0.15) is 44.6 Å². The van der Waals surface area contributed by atoms with Gasteiger partial charge in [0.15, 0.2) is 0 Å². The fraction of sp³-hybridized carbons (Fsp3) is 0.600. The molecule has 1 fully saturated rings. The summed E-state index contributed by atoms with van der Waals surface area (Å²) >= 11 is 0. The van der Waals surface area contributed by atoms with Crippen LogP contribution in [0.5, 0.6) is 5.75 Å². The number of nitro benzene ring substituents is 1. The molecule has 0 spiro atoms. The highest BCUT2D eigenvalue weighted by atomic mass is 16.6. The van der Waals surface area contributed by atoms with Crippen LogP contribution in [-0.2, 0) is 6.54 Å². The first-order chi connectivity index (χ1) is 9.70. The van der Waals surface area contributed by atoms with Gasteiger partial charge in [-0.05, 0) is 25.3 Å². The summed E-state index contributed by atoms with van der Waals surface area (Å²) in [4.78, 5) is 10.5. The van der Waals surface area contributed by atoms with Gasteiger partial charge in [0, 0.05) is 30.3 Å². The lowest BCUT2D eigenvalue weighted by atomic mass is 10.1. The summed E-state index contributed by atoms with van der Waals surface area (Å²) in [6.07, 6.45) is 5.70. The van der Waals surface area contributed by atoms with Gasteiger partial charge in [-0.3, -0.25) is 10.1 Å². The van der Waals surface area contributed by atoms with Gasteiger partial charge in [0.1, 0.15) is 5.75 Å². The molecular formula is C15H22N2O3. The summed E-state index contributed by atoms with van der Waals surface area (Å²) in [6, 6.07) is 5.41. The molecule has 0 saturated heterocycles. The summed E-state index contributed by atoms with van der Waals surface area (Å²) in [5.41, 5.74) is 1.00. The minimum Gasteiger partial charge on any atom is -0.493 e. The Hall–Kier alpha value is -1.62. The Balaban J connectivity index is 2.00. The normalized spacial score (nSPS) is 14.2. The number of unbranched alkanes of at least 4 members (excludes halogenated alkanes) is 2. The minimum absolute atomic E-state index is 0.124. The Morgan fingerprint density at radius 1 is 1.40 bits per heavy atom. The van der Waals surface area contributed by atoms with Crippen molar-refractivity contribution in [2.24, 2.45) is 0 Å². The third-order valence-corrected chi connectivity index (χ3v) is 3.42. The monoisotopic (exact) mass is 278 g/mol. The standard InChI is InChI=1S/C15H22N2O3/c1-2-3-4-9-20-15-8-7-14(17(18)19)10-12(15)11-16-13-5-6-13/h7-8,10,13,16H,2-6,9,11H2,1H3. The average Bonchev–Trinajstić information content (AvgIpc) is 3.26. The van der Waals surface area contributed by atoms with E-state index in [9.17, 15) is 10.1 Å². The van der Waals surface area contributed by atoms with Gasteiger partial charge < -0.3 is 10.1 Å². The van der Waals surface area contributed by atoms with Crippen molar-refractivity contribution in [1.29, 1.82) is 0 Å². The number of hydrogen-bond donors (Lipinski definition) is 1. The van der Waals surface area contributed by atoms with Crippen LogP contribution in [0, 0.1) is 10.1 Å². The largest absolute Gasteiger partial charge is 0.493 e. The zero-order valence-corrected chi connectivity index (χ0v) is 11.9. The van der Waals surface area contributed by atoms with Crippen molar-refractivity contribution in [3.8, 4) is 5.75 Å². The number of non-ortho nitro benzene ring substituents is 1. The molecule has 1 aromatic rings. The molecule has 1 N–H and O–H groups in total. The Morgan fingerprint density at radius 3 is 2.85 bits per heavy atom. The van der Waals surface area contributed by atoms with Crippen LogP contribution < -0.4 is 10.1 Å². The van der Waals surface area contributed by atoms with E-state index in [0.29, 0.717) is 19.2 Å². The molecule has 0 atom stereocenters. The van der Waals surface area contributed by atoms with Crippen LogP contribution in [0.15, 0.2) is 18.2 Å². The first kappa shape index (κ1) is 14.8. The van der Waals surface area contributed by atoms with E-state index in [4.69, 9.17) is 4.74 Å². The van der Waals surface area contributed by atoms with E-state index in [1.807, 2.05) is 0 Å². The third kappa shape index (κ3) is 4.49. The first-order valence-corrected chi connectivity index (χ1v) is 7.34. The number of ether oxygens (including phenoxy) is 1. The fourth-order valence-corrected chi connectivity index (χ4v) is 2.03. The fourth-order valence-electron chi connectivity index (χ4n) is 2.03. The molecule has 20 heavy (non-hydrogen) atoms. The van der Waals surface area contributed by atoms with Gasteiger partial charge >= 0.3 is 0 Å². The van der Waals surface area contributed by atoms with Crippen molar-refractivity contribution < 1.29 is 9.66 Å². The second-order valence-electron chi connectivity index (χ2n) is 5.26. The maximum Gasteiger partial charge on any atom is 0.270 e. The highest BCUT2D eigenvalue weighted by molar-refractivity contribution is 5.43. The maximum absolute atomic E-state index is 10.9. The lowest BCUT2D eigenvalue weighted by molar-refractivity contribution is -0.384. The molecular weight excluding hydrogens is 256 g/mol. The molecule has 0 aromatic heterocycles. The van der Waals surface area contributed by atoms with E-state index in [1.54, 1.807) is 12.1 Å².